The van der Waals surface area contributed by atoms with Crippen molar-refractivity contribution < 1.29 is 18.3 Å². The highest BCUT2D eigenvalue weighted by Crippen LogP contribution is 2.37. The molecule has 0 atom stereocenters. The molecule has 1 N–H and O–H groups in total. The number of aryl methyl sites for hydroxylation is 1. The van der Waals surface area contributed by atoms with Crippen molar-refractivity contribution in [1.29, 1.82) is 0 Å². The molecule has 0 bridgehead atoms. The van der Waals surface area contributed by atoms with Crippen LogP contribution in [0.2, 0.25) is 10.0 Å². The van der Waals surface area contributed by atoms with Gasteiger partial charge in [0.2, 0.25) is 0 Å². The molecule has 4 nitrogen and oxygen atoms in total. The summed E-state index contributed by atoms with van der Waals surface area (Å²) in [7, 11) is -2.45. The molecule has 0 radical (unpaired) electrons. The van der Waals surface area contributed by atoms with E-state index in [-0.39, 0.29) is 20.7 Å². The van der Waals surface area contributed by atoms with E-state index >= 15 is 0 Å². The Bertz CT molecular complexity index is 1120. The molecule has 0 saturated heterocycles. The number of aromatic hydroxyl groups is 1. The Labute approximate surface area is 174 Å². The average Bonchev–Trinajstić information content (AvgIpc) is 2.65. The Morgan fingerprint density at radius 2 is 1.61 bits per heavy atom. The molecule has 3 rings (SSSR count). The van der Waals surface area contributed by atoms with Crippen LogP contribution in [0.5, 0.6) is 11.5 Å². The van der Waals surface area contributed by atoms with Gasteiger partial charge in [0, 0.05) is 10.6 Å². The van der Waals surface area contributed by atoms with Crippen LogP contribution >= 0.6 is 23.2 Å². The summed E-state index contributed by atoms with van der Waals surface area (Å²) >= 11 is 11.8. The first kappa shape index (κ1) is 20.5. The molecule has 0 saturated carbocycles. The second-order valence-electron chi connectivity index (χ2n) is 6.39. The van der Waals surface area contributed by atoms with Gasteiger partial charge in [-0.25, -0.2) is 8.42 Å². The first-order valence-corrected chi connectivity index (χ1v) is 10.8. The standard InChI is InChI=1S/C21H18Cl2O4S/c1-13-3-5-14(6-4-13)15-7-8-19(27-2)16(9-15)12-28(25,26)20-11-17(22)10-18(23)21(20)24/h3-11,24H,12H2,1-2H3. The van der Waals surface area contributed by atoms with E-state index < -0.39 is 15.6 Å². The number of ether oxygens (including phenoxy) is 1. The highest BCUT2D eigenvalue weighted by Gasteiger charge is 2.24. The van der Waals surface area contributed by atoms with Gasteiger partial charge in [-0.05, 0) is 42.3 Å². The summed E-state index contributed by atoms with van der Waals surface area (Å²) in [6, 6.07) is 15.8. The molecule has 0 unspecified atom stereocenters. The predicted octanol–water partition coefficient (Wildman–Crippen LogP) is 5.66. The van der Waals surface area contributed by atoms with Crippen molar-refractivity contribution in [3.05, 3.63) is 75.8 Å². The van der Waals surface area contributed by atoms with Gasteiger partial charge in [-0.2, -0.15) is 0 Å². The molecule has 28 heavy (non-hydrogen) atoms. The molecule has 0 amide bonds. The second-order valence-corrected chi connectivity index (χ2v) is 9.19. The van der Waals surface area contributed by atoms with Gasteiger partial charge >= 0.3 is 0 Å². The van der Waals surface area contributed by atoms with Gasteiger partial charge < -0.3 is 9.84 Å². The number of rotatable bonds is 5. The lowest BCUT2D eigenvalue weighted by Gasteiger charge is -2.13. The summed E-state index contributed by atoms with van der Waals surface area (Å²) < 4.78 is 31.2. The van der Waals surface area contributed by atoms with E-state index in [0.717, 1.165) is 16.7 Å². The molecule has 0 aliphatic heterocycles. The maximum absolute atomic E-state index is 13.0. The predicted molar refractivity (Wildman–Crippen MR) is 112 cm³/mol. The van der Waals surface area contributed by atoms with Gasteiger partial charge in [0.05, 0.1) is 17.9 Å². The second kappa shape index (κ2) is 8.03. The molecule has 0 fully saturated rings. The van der Waals surface area contributed by atoms with Crippen LogP contribution in [0, 0.1) is 6.92 Å². The van der Waals surface area contributed by atoms with E-state index in [1.807, 2.05) is 37.3 Å². The van der Waals surface area contributed by atoms with Crippen LogP contribution in [-0.2, 0) is 15.6 Å². The summed E-state index contributed by atoms with van der Waals surface area (Å²) in [4.78, 5) is -0.312. The minimum absolute atomic E-state index is 0.119. The monoisotopic (exact) mass is 436 g/mol. The fourth-order valence-electron chi connectivity index (χ4n) is 2.88. The Morgan fingerprint density at radius 1 is 0.964 bits per heavy atom. The summed E-state index contributed by atoms with van der Waals surface area (Å²) in [6.07, 6.45) is 0. The molecule has 3 aromatic carbocycles. The zero-order valence-electron chi connectivity index (χ0n) is 15.2. The molecule has 0 spiro atoms. The molecule has 0 aromatic heterocycles. The lowest BCUT2D eigenvalue weighted by atomic mass is 10.0. The van der Waals surface area contributed by atoms with Gasteiger partial charge in [0.25, 0.3) is 0 Å². The summed E-state index contributed by atoms with van der Waals surface area (Å²) in [6.45, 7) is 2.00. The molecule has 7 heteroatoms. The van der Waals surface area contributed by atoms with Gasteiger partial charge in [0.15, 0.2) is 15.6 Å². The minimum Gasteiger partial charge on any atom is -0.505 e. The van der Waals surface area contributed by atoms with Crippen molar-refractivity contribution in [2.75, 3.05) is 7.11 Å². The van der Waals surface area contributed by atoms with Gasteiger partial charge in [-0.3, -0.25) is 0 Å². The van der Waals surface area contributed by atoms with Crippen molar-refractivity contribution in [3.63, 3.8) is 0 Å². The van der Waals surface area contributed by atoms with Crippen molar-refractivity contribution in [3.8, 4) is 22.6 Å². The number of sulfone groups is 1. The van der Waals surface area contributed by atoms with Crippen LogP contribution in [0.25, 0.3) is 11.1 Å². The SMILES string of the molecule is COc1ccc(-c2ccc(C)cc2)cc1CS(=O)(=O)c1cc(Cl)cc(Cl)c1O. The quantitative estimate of drug-likeness (QED) is 0.560. The zero-order chi connectivity index (χ0) is 20.5. The average molecular weight is 437 g/mol. The van der Waals surface area contributed by atoms with Crippen LogP contribution in [0.15, 0.2) is 59.5 Å². The summed E-state index contributed by atoms with van der Waals surface area (Å²) in [5.74, 6) is -0.452. The van der Waals surface area contributed by atoms with E-state index in [2.05, 4.69) is 0 Å². The molecule has 146 valence electrons. The van der Waals surface area contributed by atoms with E-state index in [4.69, 9.17) is 27.9 Å². The van der Waals surface area contributed by atoms with E-state index in [1.54, 1.807) is 12.1 Å². The van der Waals surface area contributed by atoms with Crippen LogP contribution in [-0.4, -0.2) is 20.6 Å². The van der Waals surface area contributed by atoms with Gasteiger partial charge in [-0.1, -0.05) is 59.1 Å². The Balaban J connectivity index is 2.05. The number of hydrogen-bond acceptors (Lipinski definition) is 4. The Hall–Kier alpha value is -2.21. The molecular formula is C21H18Cl2O4S. The van der Waals surface area contributed by atoms with Crippen molar-refractivity contribution in [2.24, 2.45) is 0 Å². The zero-order valence-corrected chi connectivity index (χ0v) is 17.6. The molecule has 0 aliphatic rings. The van der Waals surface area contributed by atoms with Crippen molar-refractivity contribution >= 4 is 33.0 Å². The summed E-state index contributed by atoms with van der Waals surface area (Å²) in [5, 5.41) is 10.1. The number of phenols is 1. The van der Waals surface area contributed by atoms with Crippen LogP contribution in [0.1, 0.15) is 11.1 Å². The molecule has 3 aromatic rings. The highest BCUT2D eigenvalue weighted by atomic mass is 35.5. The molecule has 0 aliphatic carbocycles. The van der Waals surface area contributed by atoms with Gasteiger partial charge in [-0.15, -0.1) is 0 Å². The topological polar surface area (TPSA) is 63.6 Å². The van der Waals surface area contributed by atoms with Crippen LogP contribution in [0.4, 0.5) is 0 Å². The first-order valence-electron chi connectivity index (χ1n) is 8.36. The molecule has 0 heterocycles. The first-order chi connectivity index (χ1) is 13.2. The van der Waals surface area contributed by atoms with Crippen molar-refractivity contribution in [1.82, 2.24) is 0 Å². The van der Waals surface area contributed by atoms with Crippen LogP contribution < -0.4 is 4.74 Å². The lowest BCUT2D eigenvalue weighted by Crippen LogP contribution is -2.07. The number of halogens is 2. The fourth-order valence-corrected chi connectivity index (χ4v) is 4.99. The smallest absolute Gasteiger partial charge is 0.186 e. The molecular weight excluding hydrogens is 419 g/mol. The third kappa shape index (κ3) is 4.27. The van der Waals surface area contributed by atoms with E-state index in [9.17, 15) is 13.5 Å². The highest BCUT2D eigenvalue weighted by molar-refractivity contribution is 7.90. The number of methoxy groups -OCH3 is 1. The largest absolute Gasteiger partial charge is 0.505 e. The Morgan fingerprint density at radius 3 is 2.25 bits per heavy atom. The fraction of sp³-hybridized carbons (Fsp3) is 0.143. The maximum Gasteiger partial charge on any atom is 0.186 e. The number of benzene rings is 3. The minimum atomic E-state index is -3.93. The van der Waals surface area contributed by atoms with E-state index in [1.165, 1.54) is 19.2 Å². The van der Waals surface area contributed by atoms with Crippen molar-refractivity contribution in [2.45, 2.75) is 17.6 Å². The third-order valence-electron chi connectivity index (χ3n) is 4.34. The maximum atomic E-state index is 13.0. The van der Waals surface area contributed by atoms with Gasteiger partial charge in [0.1, 0.15) is 10.6 Å². The summed E-state index contributed by atoms with van der Waals surface area (Å²) in [5.41, 5.74) is 3.42. The van der Waals surface area contributed by atoms with E-state index in [0.29, 0.717) is 11.3 Å². The lowest BCUT2D eigenvalue weighted by molar-refractivity contribution is 0.411. The normalized spacial score (nSPS) is 11.4. The number of phenolic OH excluding ortho intramolecular Hbond substituents is 1. The third-order valence-corrected chi connectivity index (χ3v) is 6.52. The number of hydrogen-bond donors (Lipinski definition) is 1. The Kier molecular flexibility index (Phi) is 5.89. The van der Waals surface area contributed by atoms with Crippen LogP contribution in [0.3, 0.4) is 0 Å².